The molecule has 0 spiro atoms. The van der Waals surface area contributed by atoms with Crippen molar-refractivity contribution in [3.8, 4) is 0 Å². The van der Waals surface area contributed by atoms with Crippen LogP contribution in [0.15, 0.2) is 36.4 Å². The van der Waals surface area contributed by atoms with Gasteiger partial charge in [0.25, 0.3) is 0 Å². The molecule has 160 valence electrons. The van der Waals surface area contributed by atoms with E-state index in [0.29, 0.717) is 31.6 Å². The van der Waals surface area contributed by atoms with Gasteiger partial charge in [-0.1, -0.05) is 58.0 Å². The molecule has 5 nitrogen and oxygen atoms in total. The zero-order valence-corrected chi connectivity index (χ0v) is 18.4. The summed E-state index contributed by atoms with van der Waals surface area (Å²) in [5.74, 6) is 0.650. The Balaban J connectivity index is 1.79. The van der Waals surface area contributed by atoms with E-state index in [1.807, 2.05) is 41.3 Å². The minimum atomic E-state index is 0.00154. The summed E-state index contributed by atoms with van der Waals surface area (Å²) in [5.41, 5.74) is 1.02. The maximum Gasteiger partial charge on any atom is 0.246 e. The summed E-state index contributed by atoms with van der Waals surface area (Å²) in [7, 11) is 0. The fourth-order valence-corrected chi connectivity index (χ4v) is 4.03. The Morgan fingerprint density at radius 1 is 1.14 bits per heavy atom. The highest BCUT2D eigenvalue weighted by Crippen LogP contribution is 2.18. The topological polar surface area (TPSA) is 52.7 Å². The van der Waals surface area contributed by atoms with Crippen LogP contribution >= 0.6 is 0 Å². The Hall–Kier alpha value is -2.14. The fourth-order valence-electron chi connectivity index (χ4n) is 4.03. The van der Waals surface area contributed by atoms with E-state index in [0.717, 1.165) is 31.5 Å². The van der Waals surface area contributed by atoms with E-state index >= 15 is 0 Å². The van der Waals surface area contributed by atoms with E-state index < -0.39 is 0 Å². The van der Waals surface area contributed by atoms with Crippen LogP contribution in [0.3, 0.4) is 0 Å². The Morgan fingerprint density at radius 3 is 2.31 bits per heavy atom. The second-order valence-electron chi connectivity index (χ2n) is 8.12. The third-order valence-corrected chi connectivity index (χ3v) is 5.93. The number of likely N-dealkylation sites (N-methyl/N-ethyl adjacent to an activating group) is 1. The molecule has 0 aromatic heterocycles. The predicted molar refractivity (Wildman–Crippen MR) is 119 cm³/mol. The summed E-state index contributed by atoms with van der Waals surface area (Å²) in [6, 6.07) is 10.2. The molecule has 2 rings (SSSR count). The van der Waals surface area contributed by atoms with Crippen LogP contribution in [-0.4, -0.2) is 60.4 Å². The molecule has 0 bridgehead atoms. The number of piperidine rings is 1. The molecule has 0 unspecified atom stereocenters. The van der Waals surface area contributed by atoms with Crippen molar-refractivity contribution in [2.24, 2.45) is 11.8 Å². The number of rotatable bonds is 9. The molecule has 1 saturated heterocycles. The lowest BCUT2D eigenvalue weighted by Crippen LogP contribution is -2.49. The Morgan fingerprint density at radius 2 is 1.76 bits per heavy atom. The first-order valence-corrected chi connectivity index (χ1v) is 11.0. The summed E-state index contributed by atoms with van der Waals surface area (Å²) in [6.45, 7) is 12.7. The van der Waals surface area contributed by atoms with Crippen LogP contribution < -0.4 is 5.32 Å². The maximum atomic E-state index is 12.7. The molecule has 0 saturated carbocycles. The van der Waals surface area contributed by atoms with Crippen LogP contribution in [0.5, 0.6) is 0 Å². The van der Waals surface area contributed by atoms with E-state index in [-0.39, 0.29) is 17.7 Å². The van der Waals surface area contributed by atoms with Gasteiger partial charge in [0, 0.05) is 37.7 Å². The lowest BCUT2D eigenvalue weighted by atomic mass is 9.95. The van der Waals surface area contributed by atoms with Gasteiger partial charge >= 0.3 is 0 Å². The molecule has 1 aromatic rings. The highest BCUT2D eigenvalue weighted by molar-refractivity contribution is 5.92. The first kappa shape index (κ1) is 23.1. The second-order valence-corrected chi connectivity index (χ2v) is 8.12. The summed E-state index contributed by atoms with van der Waals surface area (Å²) < 4.78 is 0. The minimum absolute atomic E-state index is 0.00154. The van der Waals surface area contributed by atoms with E-state index in [2.05, 4.69) is 37.9 Å². The normalized spacial score (nSPS) is 16.6. The summed E-state index contributed by atoms with van der Waals surface area (Å²) >= 11 is 0. The highest BCUT2D eigenvalue weighted by Gasteiger charge is 2.28. The van der Waals surface area contributed by atoms with Crippen molar-refractivity contribution < 1.29 is 9.59 Å². The molecule has 2 amide bonds. The number of benzene rings is 1. The first-order valence-electron chi connectivity index (χ1n) is 11.0. The van der Waals surface area contributed by atoms with Crippen molar-refractivity contribution in [2.75, 3.05) is 32.7 Å². The summed E-state index contributed by atoms with van der Waals surface area (Å²) in [4.78, 5) is 29.3. The number of hydrogen-bond donors (Lipinski definition) is 1. The number of amides is 2. The van der Waals surface area contributed by atoms with Crippen LogP contribution in [0.25, 0.3) is 6.08 Å². The molecule has 0 radical (unpaired) electrons. The monoisotopic (exact) mass is 399 g/mol. The van der Waals surface area contributed by atoms with Crippen molar-refractivity contribution in [1.82, 2.24) is 15.1 Å². The van der Waals surface area contributed by atoms with Crippen molar-refractivity contribution in [2.45, 2.75) is 46.6 Å². The van der Waals surface area contributed by atoms with Gasteiger partial charge < -0.3 is 10.2 Å². The van der Waals surface area contributed by atoms with E-state index in [1.165, 1.54) is 0 Å². The SMILES string of the molecule is CCN(CC)[C@@H](CNC(=O)C1CCN(C(=O)/C=C/c2ccccc2)CC1)C(C)C. The Labute approximate surface area is 176 Å². The van der Waals surface area contributed by atoms with Gasteiger partial charge in [-0.2, -0.15) is 0 Å². The van der Waals surface area contributed by atoms with E-state index in [1.54, 1.807) is 6.08 Å². The lowest BCUT2D eigenvalue weighted by Gasteiger charge is -2.34. The van der Waals surface area contributed by atoms with Gasteiger partial charge in [0.15, 0.2) is 0 Å². The van der Waals surface area contributed by atoms with E-state index in [9.17, 15) is 9.59 Å². The number of carbonyl (C=O) groups excluding carboxylic acids is 2. The molecule has 1 fully saturated rings. The molecule has 1 aromatic carbocycles. The van der Waals surface area contributed by atoms with Crippen LogP contribution in [0.2, 0.25) is 0 Å². The molecule has 1 heterocycles. The summed E-state index contributed by atoms with van der Waals surface area (Å²) in [5, 5.41) is 3.18. The van der Waals surface area contributed by atoms with Gasteiger partial charge in [0.2, 0.25) is 11.8 Å². The first-order chi connectivity index (χ1) is 14.0. The van der Waals surface area contributed by atoms with Crippen LogP contribution in [0.4, 0.5) is 0 Å². The molecule has 1 atom stereocenters. The fraction of sp³-hybridized carbons (Fsp3) is 0.583. The van der Waals surface area contributed by atoms with Crippen molar-refractivity contribution in [3.05, 3.63) is 42.0 Å². The molecular formula is C24H37N3O2. The van der Waals surface area contributed by atoms with Crippen LogP contribution in [0, 0.1) is 11.8 Å². The maximum absolute atomic E-state index is 12.7. The molecule has 29 heavy (non-hydrogen) atoms. The average Bonchev–Trinajstić information content (AvgIpc) is 2.75. The van der Waals surface area contributed by atoms with E-state index in [4.69, 9.17) is 0 Å². The molecule has 1 N–H and O–H groups in total. The smallest absolute Gasteiger partial charge is 0.246 e. The highest BCUT2D eigenvalue weighted by atomic mass is 16.2. The quantitative estimate of drug-likeness (QED) is 0.648. The lowest BCUT2D eigenvalue weighted by molar-refractivity contribution is -0.132. The minimum Gasteiger partial charge on any atom is -0.354 e. The third kappa shape index (κ3) is 7.00. The van der Waals surface area contributed by atoms with Crippen LogP contribution in [0.1, 0.15) is 46.1 Å². The van der Waals surface area contributed by atoms with Gasteiger partial charge in [-0.05, 0) is 43.5 Å². The van der Waals surface area contributed by atoms with Gasteiger partial charge in [-0.25, -0.2) is 0 Å². The number of nitrogens with one attached hydrogen (secondary N) is 1. The second kappa shape index (κ2) is 11.8. The van der Waals surface area contributed by atoms with Crippen molar-refractivity contribution in [1.29, 1.82) is 0 Å². The van der Waals surface area contributed by atoms with Gasteiger partial charge in [-0.15, -0.1) is 0 Å². The van der Waals surface area contributed by atoms with Crippen molar-refractivity contribution >= 4 is 17.9 Å². The van der Waals surface area contributed by atoms with Crippen molar-refractivity contribution in [3.63, 3.8) is 0 Å². The molecule has 1 aliphatic heterocycles. The number of nitrogens with zero attached hydrogens (tertiary/aromatic N) is 2. The molecule has 1 aliphatic rings. The molecule has 0 aliphatic carbocycles. The third-order valence-electron chi connectivity index (χ3n) is 5.93. The Bertz CT molecular complexity index is 660. The molecule has 5 heteroatoms. The van der Waals surface area contributed by atoms with Gasteiger partial charge in [0.05, 0.1) is 0 Å². The zero-order chi connectivity index (χ0) is 21.2. The van der Waals surface area contributed by atoms with Crippen LogP contribution in [-0.2, 0) is 9.59 Å². The average molecular weight is 400 g/mol. The number of likely N-dealkylation sites (tertiary alicyclic amines) is 1. The largest absolute Gasteiger partial charge is 0.354 e. The standard InChI is InChI=1S/C24H37N3O2/c1-5-26(6-2)22(19(3)4)18-25-24(29)21-14-16-27(17-15-21)23(28)13-12-20-10-8-7-9-11-20/h7-13,19,21-22H,5-6,14-18H2,1-4H3,(H,25,29)/b13-12+/t22-/m0/s1. The number of carbonyl (C=O) groups is 2. The zero-order valence-electron chi connectivity index (χ0n) is 18.4. The Kier molecular flexibility index (Phi) is 9.39. The van der Waals surface area contributed by atoms with Gasteiger partial charge in [-0.3, -0.25) is 14.5 Å². The summed E-state index contributed by atoms with van der Waals surface area (Å²) in [6.07, 6.45) is 4.94. The number of hydrogen-bond acceptors (Lipinski definition) is 3. The predicted octanol–water partition coefficient (Wildman–Crippen LogP) is 3.42. The van der Waals surface area contributed by atoms with Gasteiger partial charge in [0.1, 0.15) is 0 Å². The molecular weight excluding hydrogens is 362 g/mol.